The molecule has 1 aromatic heterocycles. The summed E-state index contributed by atoms with van der Waals surface area (Å²) in [6.07, 6.45) is -5.30. The van der Waals surface area contributed by atoms with Crippen molar-refractivity contribution in [1.82, 2.24) is 14.9 Å². The molecule has 3 atom stereocenters. The van der Waals surface area contributed by atoms with Crippen molar-refractivity contribution in [3.63, 3.8) is 0 Å². The van der Waals surface area contributed by atoms with Gasteiger partial charge in [0.2, 0.25) is 0 Å². The molecular weight excluding hydrogens is 560 g/mol. The third-order valence-corrected chi connectivity index (χ3v) is 8.30. The second-order valence-electron chi connectivity index (χ2n) is 9.86. The Hall–Kier alpha value is -2.38. The summed E-state index contributed by atoms with van der Waals surface area (Å²) in [5.41, 5.74) is -1.24. The lowest BCUT2D eigenvalue weighted by Gasteiger charge is -2.37. The van der Waals surface area contributed by atoms with Gasteiger partial charge in [0.15, 0.2) is 0 Å². The van der Waals surface area contributed by atoms with Crippen LogP contribution >= 0.6 is 23.4 Å². The monoisotopic (exact) mass is 586 g/mol. The number of halogens is 5. The minimum atomic E-state index is -4.76. The van der Waals surface area contributed by atoms with Crippen LogP contribution in [0.3, 0.4) is 0 Å². The molecule has 13 heteroatoms. The highest BCUT2D eigenvalue weighted by Crippen LogP contribution is 2.48. The summed E-state index contributed by atoms with van der Waals surface area (Å²) < 4.78 is 70.3. The summed E-state index contributed by atoms with van der Waals surface area (Å²) in [4.78, 5) is 19.9. The summed E-state index contributed by atoms with van der Waals surface area (Å²) in [7, 11) is 1.46. The zero-order chi connectivity index (χ0) is 28.1. The molecule has 1 saturated heterocycles. The van der Waals surface area contributed by atoms with Gasteiger partial charge in [-0.2, -0.15) is 18.2 Å². The van der Waals surface area contributed by atoms with Gasteiger partial charge in [0.1, 0.15) is 18.4 Å². The Morgan fingerprint density at radius 3 is 2.54 bits per heavy atom. The van der Waals surface area contributed by atoms with E-state index in [1.54, 1.807) is 0 Å². The average molecular weight is 587 g/mol. The number of nitrogens with one attached hydrogen (secondary N) is 1. The number of aromatic nitrogens is 2. The number of benzene rings is 2. The van der Waals surface area contributed by atoms with Crippen LogP contribution in [0, 0.1) is 5.82 Å². The van der Waals surface area contributed by atoms with Crippen molar-refractivity contribution in [2.45, 2.75) is 49.7 Å². The number of rotatable bonds is 5. The van der Waals surface area contributed by atoms with E-state index < -0.39 is 29.4 Å². The van der Waals surface area contributed by atoms with Gasteiger partial charge in [-0.3, -0.25) is 4.57 Å². The van der Waals surface area contributed by atoms with Gasteiger partial charge in [0.25, 0.3) is 0 Å². The summed E-state index contributed by atoms with van der Waals surface area (Å²) >= 11 is 7.16. The number of hydrogen-bond acceptors (Lipinski definition) is 7. The minimum absolute atomic E-state index is 0.0344. The Morgan fingerprint density at radius 2 is 1.90 bits per heavy atom. The van der Waals surface area contributed by atoms with Crippen LogP contribution in [0.15, 0.2) is 34.0 Å². The Morgan fingerprint density at radius 1 is 1.18 bits per heavy atom. The van der Waals surface area contributed by atoms with Crippen molar-refractivity contribution >= 4 is 40.1 Å². The highest BCUT2D eigenvalue weighted by molar-refractivity contribution is 7.99. The minimum Gasteiger partial charge on any atom is -0.359 e. The molecule has 0 bridgehead atoms. The highest BCUT2D eigenvalue weighted by atomic mass is 35.5. The summed E-state index contributed by atoms with van der Waals surface area (Å²) in [5, 5.41) is 3.31. The fourth-order valence-electron chi connectivity index (χ4n) is 5.30. The first-order chi connectivity index (χ1) is 18.5. The molecule has 0 amide bonds. The van der Waals surface area contributed by atoms with Gasteiger partial charge in [-0.15, -0.1) is 11.8 Å². The Bertz CT molecular complexity index is 1460. The Labute approximate surface area is 231 Å². The molecule has 2 aromatic carbocycles. The largest absolute Gasteiger partial charge is 0.417 e. The topological polar surface area (TPSA) is 68.6 Å². The van der Waals surface area contributed by atoms with Crippen LogP contribution < -0.4 is 15.9 Å². The van der Waals surface area contributed by atoms with E-state index in [1.807, 2.05) is 18.7 Å². The normalized spacial score (nSPS) is 21.8. The standard InChI is InChI=1S/C26H27ClF4N4O3S/c1-13-8-34(9-14(2)32-13)24-17-7-18(26(29,30)31)21(15-4-5-20(28)19(27)6-15)23-22(17)35(25(36)33-24)10-16(11-39-23)38-12-37-3/h4-7,13-14,16,32H,8-12H2,1-3H3. The number of alkyl halides is 3. The van der Waals surface area contributed by atoms with E-state index in [9.17, 15) is 22.4 Å². The van der Waals surface area contributed by atoms with E-state index in [2.05, 4.69) is 10.3 Å². The molecule has 39 heavy (non-hydrogen) atoms. The second kappa shape index (κ2) is 10.9. The first-order valence-corrected chi connectivity index (χ1v) is 13.7. The van der Waals surface area contributed by atoms with Gasteiger partial charge >= 0.3 is 11.9 Å². The lowest BCUT2D eigenvalue weighted by molar-refractivity contribution is -0.137. The molecule has 0 aliphatic carbocycles. The maximum absolute atomic E-state index is 14.7. The lowest BCUT2D eigenvalue weighted by Crippen LogP contribution is -2.55. The van der Waals surface area contributed by atoms with E-state index in [1.165, 1.54) is 23.8 Å². The molecule has 3 aromatic rings. The van der Waals surface area contributed by atoms with E-state index in [0.717, 1.165) is 23.9 Å². The molecule has 0 saturated carbocycles. The molecular formula is C26H27ClF4N4O3S. The average Bonchev–Trinajstić information content (AvgIpc) is 3.06. The van der Waals surface area contributed by atoms with E-state index >= 15 is 0 Å². The van der Waals surface area contributed by atoms with Crippen LogP contribution in [0.5, 0.6) is 0 Å². The zero-order valence-corrected chi connectivity index (χ0v) is 23.0. The number of methoxy groups -OCH3 is 1. The number of hydrogen-bond donors (Lipinski definition) is 1. The maximum Gasteiger partial charge on any atom is 0.417 e. The van der Waals surface area contributed by atoms with Gasteiger partial charge in [-0.25, -0.2) is 9.18 Å². The molecule has 1 N–H and O–H groups in total. The maximum atomic E-state index is 14.7. The lowest BCUT2D eigenvalue weighted by atomic mass is 9.96. The SMILES string of the molecule is COCOC1CSc2c(-c3ccc(F)c(Cl)c3)c(C(F)(F)F)cc3c(N4CC(C)NC(C)C4)nc(=O)n(c23)C1. The van der Waals surface area contributed by atoms with Crippen molar-refractivity contribution in [2.75, 3.05) is 37.6 Å². The van der Waals surface area contributed by atoms with Crippen LogP contribution in [0.2, 0.25) is 5.02 Å². The van der Waals surface area contributed by atoms with Crippen LogP contribution in [0.4, 0.5) is 23.4 Å². The van der Waals surface area contributed by atoms with Crippen molar-refractivity contribution in [2.24, 2.45) is 0 Å². The number of anilines is 1. The molecule has 2 aliphatic heterocycles. The first kappa shape index (κ1) is 28.2. The highest BCUT2D eigenvalue weighted by Gasteiger charge is 2.39. The summed E-state index contributed by atoms with van der Waals surface area (Å²) in [6.45, 7) is 4.90. The van der Waals surface area contributed by atoms with Crippen molar-refractivity contribution in [3.8, 4) is 11.1 Å². The first-order valence-electron chi connectivity index (χ1n) is 12.4. The van der Waals surface area contributed by atoms with Crippen molar-refractivity contribution in [1.29, 1.82) is 0 Å². The predicted octanol–water partition coefficient (Wildman–Crippen LogP) is 5.16. The Balaban J connectivity index is 1.85. The van der Waals surface area contributed by atoms with Crippen LogP contribution in [0.1, 0.15) is 19.4 Å². The number of ether oxygens (including phenoxy) is 2. The van der Waals surface area contributed by atoms with Gasteiger partial charge in [0, 0.05) is 53.9 Å². The van der Waals surface area contributed by atoms with E-state index in [-0.39, 0.29) is 63.4 Å². The van der Waals surface area contributed by atoms with Crippen LogP contribution in [-0.2, 0) is 22.2 Å². The summed E-state index contributed by atoms with van der Waals surface area (Å²) in [5.74, 6) is -0.287. The second-order valence-corrected chi connectivity index (χ2v) is 11.3. The quantitative estimate of drug-likeness (QED) is 0.327. The summed E-state index contributed by atoms with van der Waals surface area (Å²) in [6, 6.07) is 4.60. The van der Waals surface area contributed by atoms with Crippen LogP contribution in [-0.4, -0.2) is 60.5 Å². The molecule has 0 spiro atoms. The molecule has 7 nitrogen and oxygen atoms in total. The predicted molar refractivity (Wildman–Crippen MR) is 143 cm³/mol. The molecule has 3 unspecified atom stereocenters. The van der Waals surface area contributed by atoms with Gasteiger partial charge < -0.3 is 19.7 Å². The van der Waals surface area contributed by atoms with Crippen molar-refractivity contribution in [3.05, 3.63) is 51.2 Å². The number of thioether (sulfide) groups is 1. The fourth-order valence-corrected chi connectivity index (χ4v) is 6.77. The van der Waals surface area contributed by atoms with E-state index in [0.29, 0.717) is 18.6 Å². The molecule has 1 fully saturated rings. The molecule has 2 aliphatic rings. The molecule has 3 heterocycles. The van der Waals surface area contributed by atoms with Crippen LogP contribution in [0.25, 0.3) is 22.0 Å². The third kappa shape index (κ3) is 5.49. The van der Waals surface area contributed by atoms with Gasteiger partial charge in [0.05, 0.1) is 28.8 Å². The van der Waals surface area contributed by atoms with E-state index in [4.69, 9.17) is 21.1 Å². The number of piperazine rings is 1. The van der Waals surface area contributed by atoms with Crippen molar-refractivity contribution < 1.29 is 27.0 Å². The fraction of sp³-hybridized carbons (Fsp3) is 0.462. The van der Waals surface area contributed by atoms with Gasteiger partial charge in [-0.1, -0.05) is 17.7 Å². The smallest absolute Gasteiger partial charge is 0.359 e. The third-order valence-electron chi connectivity index (χ3n) is 6.79. The number of nitrogens with zero attached hydrogens (tertiary/aromatic N) is 3. The van der Waals surface area contributed by atoms with Gasteiger partial charge in [-0.05, 0) is 37.6 Å². The zero-order valence-electron chi connectivity index (χ0n) is 21.4. The Kier molecular flexibility index (Phi) is 7.86. The molecule has 5 rings (SSSR count). The molecule has 210 valence electrons. The molecule has 0 radical (unpaired) electrons.